The molecule has 0 aromatic heterocycles. The Morgan fingerprint density at radius 2 is 1.78 bits per heavy atom. The van der Waals surface area contributed by atoms with Gasteiger partial charge < -0.3 is 15.2 Å². The second-order valence-corrected chi connectivity index (χ2v) is 6.87. The first-order valence-corrected chi connectivity index (χ1v) is 7.28. The molecule has 0 saturated heterocycles. The molecule has 0 bridgehead atoms. The van der Waals surface area contributed by atoms with Crippen LogP contribution < -0.4 is 15.2 Å². The summed E-state index contributed by atoms with van der Waals surface area (Å²) in [6, 6.07) is 4.15. The van der Waals surface area contributed by atoms with E-state index in [0.29, 0.717) is 0 Å². The van der Waals surface area contributed by atoms with Crippen molar-refractivity contribution in [3.8, 4) is 11.5 Å². The molecule has 18 heavy (non-hydrogen) atoms. The van der Waals surface area contributed by atoms with Crippen LogP contribution in [0.3, 0.4) is 0 Å². The molecular weight excluding hydrogens is 294 g/mol. The molecule has 0 radical (unpaired) electrons. The minimum Gasteiger partial charge on any atom is -0.489 e. The average molecular weight is 310 g/mol. The molecule has 1 aromatic rings. The van der Waals surface area contributed by atoms with Crippen molar-refractivity contribution in [2.24, 2.45) is 11.1 Å². The predicted octanol–water partition coefficient (Wildman–Crippen LogP) is 2.95. The molecule has 2 saturated carbocycles. The highest BCUT2D eigenvalue weighted by Gasteiger charge is 2.47. The number of rotatable bonds is 1. The van der Waals surface area contributed by atoms with Crippen molar-refractivity contribution in [1.82, 2.24) is 0 Å². The van der Waals surface area contributed by atoms with E-state index in [1.165, 1.54) is 12.8 Å². The maximum absolute atomic E-state index is 6.26. The Hall–Kier alpha value is -0.740. The molecule has 3 aliphatic rings. The number of nitrogens with two attached hydrogens (primary N) is 1. The molecule has 2 fully saturated rings. The summed E-state index contributed by atoms with van der Waals surface area (Å²) in [6.07, 6.45) is 4.55. The van der Waals surface area contributed by atoms with E-state index in [4.69, 9.17) is 15.2 Å². The van der Waals surface area contributed by atoms with Crippen molar-refractivity contribution in [2.45, 2.75) is 31.2 Å². The van der Waals surface area contributed by atoms with Crippen LogP contribution in [0, 0.1) is 5.41 Å². The largest absolute Gasteiger partial charge is 0.489 e. The summed E-state index contributed by atoms with van der Waals surface area (Å²) >= 11 is 3.59. The molecule has 1 aromatic carbocycles. The van der Waals surface area contributed by atoms with Gasteiger partial charge in [-0.15, -0.1) is 0 Å². The summed E-state index contributed by atoms with van der Waals surface area (Å²) in [5, 5.41) is 0. The highest BCUT2D eigenvalue weighted by atomic mass is 79.9. The van der Waals surface area contributed by atoms with Gasteiger partial charge in [0.1, 0.15) is 0 Å². The first-order chi connectivity index (χ1) is 8.60. The van der Waals surface area contributed by atoms with Gasteiger partial charge in [0, 0.05) is 11.0 Å². The van der Waals surface area contributed by atoms with Crippen LogP contribution in [0.2, 0.25) is 0 Å². The van der Waals surface area contributed by atoms with Gasteiger partial charge in [-0.2, -0.15) is 0 Å². The van der Waals surface area contributed by atoms with E-state index in [1.54, 1.807) is 0 Å². The van der Waals surface area contributed by atoms with Crippen LogP contribution in [-0.2, 0) is 5.54 Å². The molecule has 1 heterocycles. The fourth-order valence-electron chi connectivity index (χ4n) is 2.49. The van der Waals surface area contributed by atoms with Gasteiger partial charge in [0.2, 0.25) is 0 Å². The van der Waals surface area contributed by atoms with E-state index in [-0.39, 0.29) is 11.0 Å². The van der Waals surface area contributed by atoms with Gasteiger partial charge >= 0.3 is 0 Å². The highest BCUT2D eigenvalue weighted by Crippen LogP contribution is 2.52. The minimum absolute atomic E-state index is 0.134. The van der Waals surface area contributed by atoms with Crippen LogP contribution in [0.5, 0.6) is 11.5 Å². The number of benzene rings is 1. The molecule has 0 atom stereocenters. The van der Waals surface area contributed by atoms with Gasteiger partial charge in [0.15, 0.2) is 11.5 Å². The summed E-state index contributed by atoms with van der Waals surface area (Å²) in [5.41, 5.74) is 7.56. The zero-order chi connectivity index (χ0) is 12.4. The van der Waals surface area contributed by atoms with E-state index in [0.717, 1.165) is 47.6 Å². The third-order valence-corrected chi connectivity index (χ3v) is 4.98. The minimum atomic E-state index is -0.134. The number of hydrogen-bond donors (Lipinski definition) is 1. The Morgan fingerprint density at radius 1 is 1.06 bits per heavy atom. The fourth-order valence-corrected chi connectivity index (χ4v) is 3.05. The Kier molecular flexibility index (Phi) is 2.11. The van der Waals surface area contributed by atoms with Crippen molar-refractivity contribution >= 4 is 15.9 Å². The van der Waals surface area contributed by atoms with Crippen LogP contribution in [-0.4, -0.2) is 13.2 Å². The molecule has 4 rings (SSSR count). The van der Waals surface area contributed by atoms with Crippen LogP contribution in [0.1, 0.15) is 31.2 Å². The van der Waals surface area contributed by atoms with Gasteiger partial charge in [-0.05, 0) is 59.3 Å². The number of ether oxygens (including phenoxy) is 2. The average Bonchev–Trinajstić information content (AvgIpc) is 3.23. The standard InChI is InChI=1S/C14H16BrNO2/c15-10-5-9(14(16)3-4-14)6-11-12(10)18-8-13(1-2-13)7-17-11/h5-6H,1-4,7-8,16H2. The zero-order valence-electron chi connectivity index (χ0n) is 10.2. The molecule has 0 amide bonds. The second kappa shape index (κ2) is 3.42. The van der Waals surface area contributed by atoms with E-state index in [9.17, 15) is 0 Å². The van der Waals surface area contributed by atoms with Gasteiger partial charge in [0.05, 0.1) is 17.7 Å². The van der Waals surface area contributed by atoms with Crippen molar-refractivity contribution in [3.05, 3.63) is 22.2 Å². The molecule has 2 aliphatic carbocycles. The number of fused-ring (bicyclic) bond motifs is 1. The predicted molar refractivity (Wildman–Crippen MR) is 71.9 cm³/mol. The van der Waals surface area contributed by atoms with Crippen molar-refractivity contribution in [2.75, 3.05) is 13.2 Å². The lowest BCUT2D eigenvalue weighted by molar-refractivity contribution is 0.196. The third-order valence-electron chi connectivity index (χ3n) is 4.39. The van der Waals surface area contributed by atoms with Gasteiger partial charge in [-0.25, -0.2) is 0 Å². The lowest BCUT2D eigenvalue weighted by atomic mass is 10.1. The Labute approximate surface area is 115 Å². The molecule has 2 N–H and O–H groups in total. The quantitative estimate of drug-likeness (QED) is 0.867. The van der Waals surface area contributed by atoms with Crippen molar-refractivity contribution < 1.29 is 9.47 Å². The van der Waals surface area contributed by atoms with Gasteiger partial charge in [0.25, 0.3) is 0 Å². The highest BCUT2D eigenvalue weighted by molar-refractivity contribution is 9.10. The van der Waals surface area contributed by atoms with Gasteiger partial charge in [-0.1, -0.05) is 0 Å². The topological polar surface area (TPSA) is 44.5 Å². The SMILES string of the molecule is NC1(c2cc(Br)c3c(c2)OCC2(CC2)CO3)CC1. The van der Waals surface area contributed by atoms with Crippen LogP contribution in [0.15, 0.2) is 16.6 Å². The van der Waals surface area contributed by atoms with E-state index >= 15 is 0 Å². The molecule has 1 aliphatic heterocycles. The monoisotopic (exact) mass is 309 g/mol. The second-order valence-electron chi connectivity index (χ2n) is 6.02. The molecule has 3 nitrogen and oxygen atoms in total. The summed E-state index contributed by atoms with van der Waals surface area (Å²) in [4.78, 5) is 0. The lowest BCUT2D eigenvalue weighted by Crippen LogP contribution is -2.18. The van der Waals surface area contributed by atoms with Crippen LogP contribution in [0.25, 0.3) is 0 Å². The van der Waals surface area contributed by atoms with E-state index in [1.807, 2.05) is 0 Å². The Bertz CT molecular complexity index is 521. The third kappa shape index (κ3) is 1.66. The zero-order valence-corrected chi connectivity index (χ0v) is 11.8. The summed E-state index contributed by atoms with van der Waals surface area (Å²) in [5.74, 6) is 1.69. The molecular formula is C14H16BrNO2. The van der Waals surface area contributed by atoms with E-state index in [2.05, 4.69) is 28.1 Å². The Balaban J connectivity index is 1.73. The maximum Gasteiger partial charge on any atom is 0.175 e. The van der Waals surface area contributed by atoms with E-state index < -0.39 is 0 Å². The number of hydrogen-bond acceptors (Lipinski definition) is 3. The van der Waals surface area contributed by atoms with Crippen molar-refractivity contribution in [1.29, 1.82) is 0 Å². The smallest absolute Gasteiger partial charge is 0.175 e. The number of halogens is 1. The summed E-state index contributed by atoms with van der Waals surface area (Å²) in [7, 11) is 0. The van der Waals surface area contributed by atoms with Crippen LogP contribution in [0.4, 0.5) is 0 Å². The summed E-state index contributed by atoms with van der Waals surface area (Å²) in [6.45, 7) is 1.54. The summed E-state index contributed by atoms with van der Waals surface area (Å²) < 4.78 is 12.9. The lowest BCUT2D eigenvalue weighted by Gasteiger charge is -2.15. The van der Waals surface area contributed by atoms with Crippen LogP contribution >= 0.6 is 15.9 Å². The molecule has 1 spiro atoms. The normalized spacial score (nSPS) is 25.7. The Morgan fingerprint density at radius 3 is 2.44 bits per heavy atom. The van der Waals surface area contributed by atoms with Gasteiger partial charge in [-0.3, -0.25) is 0 Å². The van der Waals surface area contributed by atoms with Crippen molar-refractivity contribution in [3.63, 3.8) is 0 Å². The maximum atomic E-state index is 6.26. The first kappa shape index (κ1) is 11.1. The molecule has 96 valence electrons. The first-order valence-electron chi connectivity index (χ1n) is 6.49. The molecule has 0 unspecified atom stereocenters. The fraction of sp³-hybridized carbons (Fsp3) is 0.571. The molecule has 4 heteroatoms.